The van der Waals surface area contributed by atoms with E-state index < -0.39 is 0 Å². The van der Waals surface area contributed by atoms with Gasteiger partial charge in [-0.25, -0.2) is 0 Å². The Kier molecular flexibility index (Phi) is 5.15. The molecule has 0 N–H and O–H groups in total. The standard InChI is InChI=1S/C19H23NO/c1-4-15-13-10-14-17(16-11-8-7-9-12-16)18(15)19(21)20(5-2)6-3/h7-14H,4-6H2,1-3H3. The Hall–Kier alpha value is -2.09. The van der Waals surface area contributed by atoms with Crippen molar-refractivity contribution in [2.75, 3.05) is 13.1 Å². The fraction of sp³-hybridized carbons (Fsp3) is 0.316. The average Bonchev–Trinajstić information content (AvgIpc) is 2.55. The van der Waals surface area contributed by atoms with Gasteiger partial charge in [-0.15, -0.1) is 0 Å². The lowest BCUT2D eigenvalue weighted by molar-refractivity contribution is 0.0772. The second-order valence-electron chi connectivity index (χ2n) is 5.04. The van der Waals surface area contributed by atoms with Gasteiger partial charge in [-0.2, -0.15) is 0 Å². The monoisotopic (exact) mass is 281 g/mol. The molecule has 0 spiro atoms. The Bertz CT molecular complexity index is 600. The Labute approximate surface area is 127 Å². The van der Waals surface area contributed by atoms with Crippen LogP contribution in [0.15, 0.2) is 48.5 Å². The molecule has 0 aliphatic rings. The van der Waals surface area contributed by atoms with E-state index >= 15 is 0 Å². The first kappa shape index (κ1) is 15.3. The van der Waals surface area contributed by atoms with E-state index in [1.807, 2.05) is 49.1 Å². The third-order valence-electron chi connectivity index (χ3n) is 3.88. The lowest BCUT2D eigenvalue weighted by Gasteiger charge is -2.22. The second-order valence-corrected chi connectivity index (χ2v) is 5.04. The number of carbonyl (C=O) groups excluding carboxylic acids is 1. The summed E-state index contributed by atoms with van der Waals surface area (Å²) >= 11 is 0. The summed E-state index contributed by atoms with van der Waals surface area (Å²) in [5.74, 6) is 0.135. The van der Waals surface area contributed by atoms with E-state index in [-0.39, 0.29) is 5.91 Å². The van der Waals surface area contributed by atoms with Crippen molar-refractivity contribution < 1.29 is 4.79 Å². The molecule has 2 aromatic rings. The molecule has 0 saturated carbocycles. The zero-order valence-corrected chi connectivity index (χ0v) is 13.1. The van der Waals surface area contributed by atoms with Crippen molar-refractivity contribution in [1.29, 1.82) is 0 Å². The SMILES string of the molecule is CCc1cccc(-c2ccccc2)c1C(=O)N(CC)CC. The van der Waals surface area contributed by atoms with Gasteiger partial charge in [0, 0.05) is 13.1 Å². The minimum Gasteiger partial charge on any atom is -0.339 e. The smallest absolute Gasteiger partial charge is 0.254 e. The molecule has 1 amide bonds. The molecule has 21 heavy (non-hydrogen) atoms. The predicted molar refractivity (Wildman–Crippen MR) is 88.5 cm³/mol. The number of amides is 1. The summed E-state index contributed by atoms with van der Waals surface area (Å²) in [5.41, 5.74) is 4.11. The number of carbonyl (C=O) groups is 1. The van der Waals surface area contributed by atoms with Crippen molar-refractivity contribution in [2.45, 2.75) is 27.2 Å². The van der Waals surface area contributed by atoms with Crippen LogP contribution in [0.2, 0.25) is 0 Å². The van der Waals surface area contributed by atoms with E-state index in [9.17, 15) is 4.79 Å². The maximum atomic E-state index is 12.9. The molecule has 0 heterocycles. The van der Waals surface area contributed by atoms with Gasteiger partial charge in [0.15, 0.2) is 0 Å². The molecule has 0 radical (unpaired) electrons. The van der Waals surface area contributed by atoms with Gasteiger partial charge in [-0.3, -0.25) is 4.79 Å². The number of benzene rings is 2. The summed E-state index contributed by atoms with van der Waals surface area (Å²) in [5, 5.41) is 0. The maximum Gasteiger partial charge on any atom is 0.254 e. The zero-order valence-electron chi connectivity index (χ0n) is 13.1. The fourth-order valence-electron chi connectivity index (χ4n) is 2.67. The van der Waals surface area contributed by atoms with E-state index in [1.54, 1.807) is 0 Å². The van der Waals surface area contributed by atoms with Crippen molar-refractivity contribution in [3.63, 3.8) is 0 Å². The zero-order chi connectivity index (χ0) is 15.2. The minimum atomic E-state index is 0.135. The van der Waals surface area contributed by atoms with Crippen LogP contribution in [0.25, 0.3) is 11.1 Å². The third-order valence-corrected chi connectivity index (χ3v) is 3.88. The van der Waals surface area contributed by atoms with Crippen molar-refractivity contribution in [3.05, 3.63) is 59.7 Å². The average molecular weight is 281 g/mol. The van der Waals surface area contributed by atoms with Crippen LogP contribution in [0.1, 0.15) is 36.7 Å². The van der Waals surface area contributed by atoms with Gasteiger partial charge < -0.3 is 4.90 Å². The summed E-state index contributed by atoms with van der Waals surface area (Å²) in [6.07, 6.45) is 0.864. The largest absolute Gasteiger partial charge is 0.339 e. The normalized spacial score (nSPS) is 10.4. The number of rotatable bonds is 5. The van der Waals surface area contributed by atoms with Gasteiger partial charge >= 0.3 is 0 Å². The lowest BCUT2D eigenvalue weighted by Crippen LogP contribution is -2.31. The Morgan fingerprint density at radius 2 is 1.57 bits per heavy atom. The van der Waals surface area contributed by atoms with Crippen molar-refractivity contribution in [3.8, 4) is 11.1 Å². The van der Waals surface area contributed by atoms with Gasteiger partial charge in [-0.1, -0.05) is 55.5 Å². The quantitative estimate of drug-likeness (QED) is 0.795. The van der Waals surface area contributed by atoms with Crippen LogP contribution in [0, 0.1) is 0 Å². The molecule has 0 aliphatic carbocycles. The van der Waals surface area contributed by atoms with E-state index in [4.69, 9.17) is 0 Å². The van der Waals surface area contributed by atoms with Crippen LogP contribution in [0.5, 0.6) is 0 Å². The highest BCUT2D eigenvalue weighted by Crippen LogP contribution is 2.28. The highest BCUT2D eigenvalue weighted by Gasteiger charge is 2.20. The van der Waals surface area contributed by atoms with Gasteiger partial charge in [0.2, 0.25) is 0 Å². The Morgan fingerprint density at radius 3 is 2.14 bits per heavy atom. The fourth-order valence-corrected chi connectivity index (χ4v) is 2.67. The predicted octanol–water partition coefficient (Wildman–Crippen LogP) is 4.40. The van der Waals surface area contributed by atoms with Crippen LogP contribution in [0.4, 0.5) is 0 Å². The minimum absolute atomic E-state index is 0.135. The van der Waals surface area contributed by atoms with Gasteiger partial charge in [0.25, 0.3) is 5.91 Å². The molecule has 0 bridgehead atoms. The molecule has 2 nitrogen and oxygen atoms in total. The molecule has 110 valence electrons. The van der Waals surface area contributed by atoms with E-state index in [0.29, 0.717) is 0 Å². The molecular formula is C19H23NO. The van der Waals surface area contributed by atoms with Gasteiger partial charge in [0.1, 0.15) is 0 Å². The Morgan fingerprint density at radius 1 is 0.905 bits per heavy atom. The first-order chi connectivity index (χ1) is 10.2. The molecule has 0 aliphatic heterocycles. The molecule has 0 aromatic heterocycles. The second kappa shape index (κ2) is 7.07. The molecule has 0 atom stereocenters. The summed E-state index contributed by atoms with van der Waals surface area (Å²) in [4.78, 5) is 14.8. The summed E-state index contributed by atoms with van der Waals surface area (Å²) in [7, 11) is 0. The molecule has 0 fully saturated rings. The van der Waals surface area contributed by atoms with Crippen LogP contribution in [-0.4, -0.2) is 23.9 Å². The molecule has 2 aromatic carbocycles. The van der Waals surface area contributed by atoms with Crippen molar-refractivity contribution >= 4 is 5.91 Å². The van der Waals surface area contributed by atoms with Gasteiger partial charge in [0.05, 0.1) is 5.56 Å². The van der Waals surface area contributed by atoms with Crippen LogP contribution in [-0.2, 0) is 6.42 Å². The maximum absolute atomic E-state index is 12.9. The Balaban J connectivity index is 2.59. The topological polar surface area (TPSA) is 20.3 Å². The number of aryl methyl sites for hydroxylation is 1. The summed E-state index contributed by atoms with van der Waals surface area (Å²) < 4.78 is 0. The first-order valence-electron chi connectivity index (χ1n) is 7.69. The molecule has 0 saturated heterocycles. The van der Waals surface area contributed by atoms with Crippen LogP contribution >= 0.6 is 0 Å². The first-order valence-corrected chi connectivity index (χ1v) is 7.69. The number of hydrogen-bond donors (Lipinski definition) is 0. The van der Waals surface area contributed by atoms with Crippen molar-refractivity contribution in [1.82, 2.24) is 4.90 Å². The van der Waals surface area contributed by atoms with E-state index in [2.05, 4.69) is 25.1 Å². The summed E-state index contributed by atoms with van der Waals surface area (Å²) in [6, 6.07) is 16.3. The van der Waals surface area contributed by atoms with E-state index in [1.165, 1.54) is 0 Å². The van der Waals surface area contributed by atoms with Crippen LogP contribution in [0.3, 0.4) is 0 Å². The van der Waals surface area contributed by atoms with Gasteiger partial charge in [-0.05, 0) is 37.0 Å². The number of nitrogens with zero attached hydrogens (tertiary/aromatic N) is 1. The third kappa shape index (κ3) is 3.15. The molecule has 2 rings (SSSR count). The molecular weight excluding hydrogens is 258 g/mol. The molecule has 0 unspecified atom stereocenters. The highest BCUT2D eigenvalue weighted by atomic mass is 16.2. The lowest BCUT2D eigenvalue weighted by atomic mass is 9.93. The van der Waals surface area contributed by atoms with E-state index in [0.717, 1.165) is 41.8 Å². The molecule has 2 heteroatoms. The summed E-state index contributed by atoms with van der Waals surface area (Å²) in [6.45, 7) is 7.63. The number of hydrogen-bond acceptors (Lipinski definition) is 1. The highest BCUT2D eigenvalue weighted by molar-refractivity contribution is 6.02. The van der Waals surface area contributed by atoms with Crippen LogP contribution < -0.4 is 0 Å². The van der Waals surface area contributed by atoms with Crippen molar-refractivity contribution in [2.24, 2.45) is 0 Å².